The number of thiocarbonyl (C=S) groups is 1. The second-order valence-electron chi connectivity index (χ2n) is 4.80. The van der Waals surface area contributed by atoms with Crippen LogP contribution in [0.3, 0.4) is 0 Å². The highest BCUT2D eigenvalue weighted by Gasteiger charge is 2.13. The van der Waals surface area contributed by atoms with Gasteiger partial charge in [-0.1, -0.05) is 6.92 Å². The van der Waals surface area contributed by atoms with Crippen molar-refractivity contribution in [2.45, 2.75) is 46.0 Å². The largest absolute Gasteiger partial charge is 0.382 e. The van der Waals surface area contributed by atoms with Crippen molar-refractivity contribution in [2.24, 2.45) is 11.0 Å². The maximum absolute atomic E-state index is 5.25. The Balaban J connectivity index is 2.10. The first-order valence-corrected chi connectivity index (χ1v) is 7.30. The molecule has 0 radical (unpaired) electrons. The summed E-state index contributed by atoms with van der Waals surface area (Å²) >= 11 is 5.16. The van der Waals surface area contributed by atoms with E-state index in [-0.39, 0.29) is 0 Å². The van der Waals surface area contributed by atoms with Crippen LogP contribution >= 0.6 is 12.2 Å². The van der Waals surface area contributed by atoms with Gasteiger partial charge >= 0.3 is 0 Å². The van der Waals surface area contributed by atoms with Gasteiger partial charge in [0.1, 0.15) is 0 Å². The Hall–Kier alpha value is -0.680. The molecular formula is C13H25N3OS. The summed E-state index contributed by atoms with van der Waals surface area (Å²) in [5.74, 6) is 0.757. The van der Waals surface area contributed by atoms with Crippen molar-refractivity contribution in [2.75, 3.05) is 19.8 Å². The maximum atomic E-state index is 5.25. The van der Waals surface area contributed by atoms with E-state index in [0.717, 1.165) is 44.9 Å². The minimum Gasteiger partial charge on any atom is -0.382 e. The topological polar surface area (TPSA) is 45.6 Å². The van der Waals surface area contributed by atoms with Crippen LogP contribution < -0.4 is 10.7 Å². The van der Waals surface area contributed by atoms with Gasteiger partial charge in [-0.25, -0.2) is 0 Å². The molecule has 0 bridgehead atoms. The van der Waals surface area contributed by atoms with Gasteiger partial charge in [-0.3, -0.25) is 5.43 Å². The minimum atomic E-state index is 0.609. The Bertz CT molecular complexity index is 281. The zero-order valence-corrected chi connectivity index (χ0v) is 12.3. The second-order valence-corrected chi connectivity index (χ2v) is 5.21. The van der Waals surface area contributed by atoms with Crippen molar-refractivity contribution < 1.29 is 4.74 Å². The number of nitrogens with one attached hydrogen (secondary N) is 2. The SMILES string of the molecule is CCOCCCNC(=S)N/N=C1/CCC[C@@H](C)C1. The number of ether oxygens (including phenoxy) is 1. The van der Waals surface area contributed by atoms with Gasteiger partial charge in [0.15, 0.2) is 5.11 Å². The molecule has 0 saturated heterocycles. The van der Waals surface area contributed by atoms with E-state index >= 15 is 0 Å². The fraction of sp³-hybridized carbons (Fsp3) is 0.846. The third-order valence-electron chi connectivity index (χ3n) is 3.02. The van der Waals surface area contributed by atoms with Crippen LogP contribution in [0, 0.1) is 5.92 Å². The summed E-state index contributed by atoms with van der Waals surface area (Å²) in [6.07, 6.45) is 5.73. The molecule has 4 nitrogen and oxygen atoms in total. The number of hydrogen-bond donors (Lipinski definition) is 2. The van der Waals surface area contributed by atoms with Crippen LogP contribution in [-0.4, -0.2) is 30.6 Å². The van der Waals surface area contributed by atoms with E-state index in [4.69, 9.17) is 17.0 Å². The van der Waals surface area contributed by atoms with E-state index in [1.165, 1.54) is 18.6 Å². The number of hydrogen-bond acceptors (Lipinski definition) is 3. The fourth-order valence-electron chi connectivity index (χ4n) is 2.05. The first kappa shape index (κ1) is 15.4. The summed E-state index contributed by atoms with van der Waals surface area (Å²) < 4.78 is 5.25. The molecule has 1 saturated carbocycles. The average Bonchev–Trinajstić information content (AvgIpc) is 2.36. The van der Waals surface area contributed by atoms with Gasteiger partial charge in [0.05, 0.1) is 0 Å². The van der Waals surface area contributed by atoms with Crippen LogP contribution in [0.15, 0.2) is 5.10 Å². The third kappa shape index (κ3) is 6.91. The fourth-order valence-corrected chi connectivity index (χ4v) is 2.20. The van der Waals surface area contributed by atoms with E-state index in [1.807, 2.05) is 6.92 Å². The first-order chi connectivity index (χ1) is 8.72. The molecular weight excluding hydrogens is 246 g/mol. The molecule has 1 rings (SSSR count). The second kappa shape index (κ2) is 9.28. The molecule has 0 aromatic carbocycles. The molecule has 2 N–H and O–H groups in total. The molecule has 0 aromatic rings. The van der Waals surface area contributed by atoms with Crippen molar-refractivity contribution in [3.63, 3.8) is 0 Å². The highest BCUT2D eigenvalue weighted by Crippen LogP contribution is 2.20. The number of nitrogens with zero attached hydrogens (tertiary/aromatic N) is 1. The van der Waals surface area contributed by atoms with E-state index < -0.39 is 0 Å². The molecule has 0 aliphatic heterocycles. The van der Waals surface area contributed by atoms with Gasteiger partial charge in [0.25, 0.3) is 0 Å². The van der Waals surface area contributed by atoms with Crippen molar-refractivity contribution in [1.82, 2.24) is 10.7 Å². The predicted molar refractivity (Wildman–Crippen MR) is 79.9 cm³/mol. The van der Waals surface area contributed by atoms with E-state index in [9.17, 15) is 0 Å². The van der Waals surface area contributed by atoms with E-state index in [0.29, 0.717) is 5.11 Å². The standard InChI is InChI=1S/C13H25N3OS/c1-3-17-9-5-8-14-13(18)16-15-12-7-4-6-11(2)10-12/h11H,3-10H2,1-2H3,(H2,14,16,18)/b15-12-/t11-/m1/s1. The smallest absolute Gasteiger partial charge is 0.186 e. The lowest BCUT2D eigenvalue weighted by molar-refractivity contribution is 0.145. The Morgan fingerprint density at radius 2 is 2.39 bits per heavy atom. The average molecular weight is 271 g/mol. The summed E-state index contributed by atoms with van der Waals surface area (Å²) in [5, 5.41) is 8.11. The zero-order chi connectivity index (χ0) is 13.2. The first-order valence-electron chi connectivity index (χ1n) is 6.89. The molecule has 18 heavy (non-hydrogen) atoms. The monoisotopic (exact) mass is 271 g/mol. The minimum absolute atomic E-state index is 0.609. The Morgan fingerprint density at radius 1 is 1.56 bits per heavy atom. The van der Waals surface area contributed by atoms with Gasteiger partial charge in [-0.15, -0.1) is 0 Å². The van der Waals surface area contributed by atoms with Crippen LogP contribution in [0.4, 0.5) is 0 Å². The van der Waals surface area contributed by atoms with Crippen LogP contribution in [0.5, 0.6) is 0 Å². The normalized spacial score (nSPS) is 21.9. The van der Waals surface area contributed by atoms with Gasteiger partial charge in [-0.05, 0) is 57.2 Å². The quantitative estimate of drug-likeness (QED) is 0.442. The van der Waals surface area contributed by atoms with Crippen LogP contribution in [0.1, 0.15) is 46.0 Å². The molecule has 104 valence electrons. The molecule has 0 heterocycles. The van der Waals surface area contributed by atoms with Gasteiger partial charge in [0.2, 0.25) is 0 Å². The van der Waals surface area contributed by atoms with Crippen LogP contribution in [0.25, 0.3) is 0 Å². The molecule has 1 fully saturated rings. The van der Waals surface area contributed by atoms with Crippen molar-refractivity contribution in [1.29, 1.82) is 0 Å². The van der Waals surface area contributed by atoms with Gasteiger partial charge in [0, 0.05) is 25.5 Å². The molecule has 5 heteroatoms. The molecule has 0 unspecified atom stereocenters. The zero-order valence-electron chi connectivity index (χ0n) is 11.5. The summed E-state index contributed by atoms with van der Waals surface area (Å²) in [6, 6.07) is 0. The molecule has 0 aromatic heterocycles. The maximum Gasteiger partial charge on any atom is 0.186 e. The molecule has 1 aliphatic rings. The molecule has 0 amide bonds. The lowest BCUT2D eigenvalue weighted by Gasteiger charge is -2.19. The Kier molecular flexibility index (Phi) is 7.93. The van der Waals surface area contributed by atoms with Crippen LogP contribution in [-0.2, 0) is 4.74 Å². The van der Waals surface area contributed by atoms with Crippen molar-refractivity contribution >= 4 is 23.0 Å². The highest BCUT2D eigenvalue weighted by atomic mass is 32.1. The summed E-state index contributed by atoms with van der Waals surface area (Å²) in [4.78, 5) is 0. The predicted octanol–water partition coefficient (Wildman–Crippen LogP) is 2.44. The summed E-state index contributed by atoms with van der Waals surface area (Å²) in [6.45, 7) is 6.65. The van der Waals surface area contributed by atoms with Crippen LogP contribution in [0.2, 0.25) is 0 Å². The van der Waals surface area contributed by atoms with E-state index in [1.54, 1.807) is 0 Å². The van der Waals surface area contributed by atoms with Crippen molar-refractivity contribution in [3.8, 4) is 0 Å². The third-order valence-corrected chi connectivity index (χ3v) is 3.25. The summed E-state index contributed by atoms with van der Waals surface area (Å²) in [7, 11) is 0. The van der Waals surface area contributed by atoms with Gasteiger partial charge < -0.3 is 10.1 Å². The van der Waals surface area contributed by atoms with Crippen molar-refractivity contribution in [3.05, 3.63) is 0 Å². The van der Waals surface area contributed by atoms with E-state index in [2.05, 4.69) is 22.8 Å². The Morgan fingerprint density at radius 3 is 3.11 bits per heavy atom. The number of hydrazone groups is 1. The number of rotatable bonds is 6. The lowest BCUT2D eigenvalue weighted by Crippen LogP contribution is -2.34. The van der Waals surface area contributed by atoms with Gasteiger partial charge in [-0.2, -0.15) is 5.10 Å². The highest BCUT2D eigenvalue weighted by molar-refractivity contribution is 7.80. The lowest BCUT2D eigenvalue weighted by atomic mass is 9.89. The molecule has 0 spiro atoms. The molecule has 1 aliphatic carbocycles. The Labute approximate surface area is 116 Å². The molecule has 1 atom stereocenters. The summed E-state index contributed by atoms with van der Waals surface area (Å²) in [5.41, 5.74) is 4.17.